The average molecular weight is 292 g/mol. The maximum atomic E-state index is 11.5. The van der Waals surface area contributed by atoms with Crippen LogP contribution in [0.1, 0.15) is 16.1 Å². The van der Waals surface area contributed by atoms with Crippen molar-refractivity contribution in [1.82, 2.24) is 4.98 Å². The maximum absolute atomic E-state index is 11.5. The summed E-state index contributed by atoms with van der Waals surface area (Å²) in [6.45, 7) is 1.88. The molecule has 2 rings (SSSR count). The topological polar surface area (TPSA) is 77.2 Å². The third kappa shape index (κ3) is 2.83. The predicted octanol–water partition coefficient (Wildman–Crippen LogP) is 3.16. The van der Waals surface area contributed by atoms with Gasteiger partial charge in [-0.25, -0.2) is 9.78 Å². The molecule has 20 heavy (non-hydrogen) atoms. The minimum Gasteiger partial charge on any atom is -0.464 e. The Balaban J connectivity index is 2.38. The molecule has 3 N–H and O–H groups in total. The molecule has 0 fully saturated rings. The predicted molar refractivity (Wildman–Crippen MR) is 79.5 cm³/mol. The molecule has 6 heteroatoms. The standard InChI is InChI=1S/C14H14ClN3O2/c1-8-9(15)4-3-5-11(8)17-13-10(16)6-7-12(18-13)14(19)20-2/h3-7H,16H2,1-2H3,(H,17,18). The van der Waals surface area contributed by atoms with Gasteiger partial charge in [0, 0.05) is 10.7 Å². The number of benzene rings is 1. The van der Waals surface area contributed by atoms with Crippen LogP contribution in [0.3, 0.4) is 0 Å². The van der Waals surface area contributed by atoms with Crippen LogP contribution in [-0.2, 0) is 4.74 Å². The highest BCUT2D eigenvalue weighted by Gasteiger charge is 2.11. The summed E-state index contributed by atoms with van der Waals surface area (Å²) in [6.07, 6.45) is 0. The number of esters is 1. The van der Waals surface area contributed by atoms with Crippen LogP contribution in [0.2, 0.25) is 5.02 Å². The molecule has 0 radical (unpaired) electrons. The first-order valence-electron chi connectivity index (χ1n) is 5.90. The Labute approximate surface area is 121 Å². The molecular formula is C14H14ClN3O2. The van der Waals surface area contributed by atoms with E-state index in [0.717, 1.165) is 11.3 Å². The monoisotopic (exact) mass is 291 g/mol. The fourth-order valence-corrected chi connectivity index (χ4v) is 1.83. The highest BCUT2D eigenvalue weighted by molar-refractivity contribution is 6.31. The molecule has 0 aliphatic heterocycles. The second kappa shape index (κ2) is 5.79. The molecule has 0 amide bonds. The van der Waals surface area contributed by atoms with E-state index in [1.54, 1.807) is 12.1 Å². The Morgan fingerprint density at radius 2 is 2.10 bits per heavy atom. The molecule has 0 aliphatic rings. The highest BCUT2D eigenvalue weighted by atomic mass is 35.5. The smallest absolute Gasteiger partial charge is 0.356 e. The zero-order valence-electron chi connectivity index (χ0n) is 11.1. The molecule has 104 valence electrons. The van der Waals surface area contributed by atoms with Crippen molar-refractivity contribution < 1.29 is 9.53 Å². The van der Waals surface area contributed by atoms with E-state index >= 15 is 0 Å². The quantitative estimate of drug-likeness (QED) is 0.850. The first-order valence-corrected chi connectivity index (χ1v) is 6.27. The van der Waals surface area contributed by atoms with Crippen LogP contribution in [0.5, 0.6) is 0 Å². The lowest BCUT2D eigenvalue weighted by atomic mass is 10.2. The zero-order chi connectivity index (χ0) is 14.7. The highest BCUT2D eigenvalue weighted by Crippen LogP contribution is 2.27. The summed E-state index contributed by atoms with van der Waals surface area (Å²) >= 11 is 6.06. The van der Waals surface area contributed by atoms with Crippen LogP contribution in [0.25, 0.3) is 0 Å². The van der Waals surface area contributed by atoms with Crippen molar-refractivity contribution in [2.75, 3.05) is 18.2 Å². The third-order valence-corrected chi connectivity index (χ3v) is 3.25. The molecule has 1 aromatic heterocycles. The lowest BCUT2D eigenvalue weighted by Gasteiger charge is -2.12. The fraction of sp³-hybridized carbons (Fsp3) is 0.143. The van der Waals surface area contributed by atoms with Gasteiger partial charge in [-0.05, 0) is 36.8 Å². The van der Waals surface area contributed by atoms with Gasteiger partial charge in [-0.1, -0.05) is 17.7 Å². The summed E-state index contributed by atoms with van der Waals surface area (Å²) < 4.78 is 4.63. The maximum Gasteiger partial charge on any atom is 0.356 e. The summed E-state index contributed by atoms with van der Waals surface area (Å²) in [5.41, 5.74) is 8.12. The fourth-order valence-electron chi connectivity index (χ4n) is 1.66. The number of anilines is 3. The van der Waals surface area contributed by atoms with Crippen molar-refractivity contribution in [1.29, 1.82) is 0 Å². The Bertz CT molecular complexity index is 659. The third-order valence-electron chi connectivity index (χ3n) is 2.84. The number of ether oxygens (including phenoxy) is 1. The molecule has 1 heterocycles. The van der Waals surface area contributed by atoms with Crippen molar-refractivity contribution in [3.63, 3.8) is 0 Å². The van der Waals surface area contributed by atoms with Crippen LogP contribution >= 0.6 is 11.6 Å². The number of nitrogen functional groups attached to an aromatic ring is 1. The summed E-state index contributed by atoms with van der Waals surface area (Å²) in [6, 6.07) is 8.58. The van der Waals surface area contributed by atoms with Crippen LogP contribution in [0.15, 0.2) is 30.3 Å². The number of nitrogens with zero attached hydrogens (tertiary/aromatic N) is 1. The van der Waals surface area contributed by atoms with E-state index in [-0.39, 0.29) is 5.69 Å². The number of carbonyl (C=O) groups excluding carboxylic acids is 1. The number of halogens is 1. The van der Waals surface area contributed by atoms with Gasteiger partial charge in [0.25, 0.3) is 0 Å². The van der Waals surface area contributed by atoms with E-state index in [9.17, 15) is 4.79 Å². The van der Waals surface area contributed by atoms with Crippen molar-refractivity contribution in [2.45, 2.75) is 6.92 Å². The summed E-state index contributed by atoms with van der Waals surface area (Å²) in [5, 5.41) is 3.71. The number of nitrogens with two attached hydrogens (primary N) is 1. The zero-order valence-corrected chi connectivity index (χ0v) is 11.9. The van der Waals surface area contributed by atoms with Gasteiger partial charge in [0.15, 0.2) is 11.5 Å². The van der Waals surface area contributed by atoms with E-state index in [1.165, 1.54) is 13.2 Å². The van der Waals surface area contributed by atoms with Gasteiger partial charge in [0.1, 0.15) is 0 Å². The molecule has 0 atom stereocenters. The number of pyridine rings is 1. The average Bonchev–Trinajstić information content (AvgIpc) is 2.45. The second-order valence-electron chi connectivity index (χ2n) is 4.16. The number of hydrogen-bond donors (Lipinski definition) is 2. The van der Waals surface area contributed by atoms with Crippen LogP contribution in [-0.4, -0.2) is 18.1 Å². The Hall–Kier alpha value is -2.27. The van der Waals surface area contributed by atoms with Crippen molar-refractivity contribution in [2.24, 2.45) is 0 Å². The number of methoxy groups -OCH3 is 1. The first kappa shape index (κ1) is 14.1. The lowest BCUT2D eigenvalue weighted by Crippen LogP contribution is -2.08. The summed E-state index contributed by atoms with van der Waals surface area (Å²) in [5.74, 6) is -0.130. The SMILES string of the molecule is COC(=O)c1ccc(N)c(Nc2cccc(Cl)c2C)n1. The van der Waals surface area contributed by atoms with Gasteiger partial charge >= 0.3 is 5.97 Å². The summed E-state index contributed by atoms with van der Waals surface area (Å²) in [7, 11) is 1.30. The van der Waals surface area contributed by atoms with Gasteiger partial charge in [-0.3, -0.25) is 0 Å². The second-order valence-corrected chi connectivity index (χ2v) is 4.57. The molecule has 0 saturated heterocycles. The number of aromatic nitrogens is 1. The molecular weight excluding hydrogens is 278 g/mol. The van der Waals surface area contributed by atoms with E-state index in [0.29, 0.717) is 16.5 Å². The molecule has 5 nitrogen and oxygen atoms in total. The van der Waals surface area contributed by atoms with E-state index < -0.39 is 5.97 Å². The van der Waals surface area contributed by atoms with Gasteiger partial charge in [0.2, 0.25) is 0 Å². The van der Waals surface area contributed by atoms with E-state index in [4.69, 9.17) is 17.3 Å². The van der Waals surface area contributed by atoms with Crippen molar-refractivity contribution in [3.05, 3.63) is 46.6 Å². The lowest BCUT2D eigenvalue weighted by molar-refractivity contribution is 0.0594. The van der Waals surface area contributed by atoms with Gasteiger partial charge in [0.05, 0.1) is 12.8 Å². The molecule has 0 unspecified atom stereocenters. The molecule has 0 spiro atoms. The Morgan fingerprint density at radius 3 is 2.80 bits per heavy atom. The first-order chi connectivity index (χ1) is 9.52. The number of hydrogen-bond acceptors (Lipinski definition) is 5. The van der Waals surface area contributed by atoms with Gasteiger partial charge in [-0.2, -0.15) is 0 Å². The van der Waals surface area contributed by atoms with E-state index in [1.807, 2.05) is 19.1 Å². The number of carbonyl (C=O) groups is 1. The largest absolute Gasteiger partial charge is 0.464 e. The Kier molecular flexibility index (Phi) is 4.10. The van der Waals surface area contributed by atoms with Crippen molar-refractivity contribution >= 4 is 34.8 Å². The number of nitrogens with one attached hydrogen (secondary N) is 1. The molecule has 1 aromatic carbocycles. The van der Waals surface area contributed by atoms with Crippen LogP contribution in [0.4, 0.5) is 17.2 Å². The van der Waals surface area contributed by atoms with Crippen LogP contribution in [0, 0.1) is 6.92 Å². The minimum absolute atomic E-state index is 0.184. The molecule has 0 saturated carbocycles. The van der Waals surface area contributed by atoms with Crippen LogP contribution < -0.4 is 11.1 Å². The number of rotatable bonds is 3. The van der Waals surface area contributed by atoms with E-state index in [2.05, 4.69) is 15.0 Å². The van der Waals surface area contributed by atoms with Gasteiger partial charge < -0.3 is 15.8 Å². The van der Waals surface area contributed by atoms with Gasteiger partial charge in [-0.15, -0.1) is 0 Å². The summed E-state index contributed by atoms with van der Waals surface area (Å²) in [4.78, 5) is 15.6. The Morgan fingerprint density at radius 1 is 1.35 bits per heavy atom. The normalized spacial score (nSPS) is 10.2. The molecule has 0 bridgehead atoms. The molecule has 2 aromatic rings. The minimum atomic E-state index is -0.518. The van der Waals surface area contributed by atoms with Crippen molar-refractivity contribution in [3.8, 4) is 0 Å². The molecule has 0 aliphatic carbocycles.